The predicted octanol–water partition coefficient (Wildman–Crippen LogP) is 3.73. The van der Waals surface area contributed by atoms with Gasteiger partial charge in [-0.3, -0.25) is 10.1 Å². The van der Waals surface area contributed by atoms with Gasteiger partial charge < -0.3 is 25.6 Å². The zero-order chi connectivity index (χ0) is 19.1. The van der Waals surface area contributed by atoms with E-state index in [1.807, 2.05) is 0 Å². The molecule has 10 heteroatoms. The van der Waals surface area contributed by atoms with E-state index in [4.69, 9.17) is 26.8 Å². The molecule has 1 aliphatic heterocycles. The number of urea groups is 1. The third-order valence-corrected chi connectivity index (χ3v) is 5.51. The average Bonchev–Trinajstić information content (AvgIpc) is 3.22. The van der Waals surface area contributed by atoms with Gasteiger partial charge in [-0.05, 0) is 24.3 Å². The number of benzene rings is 2. The number of phenolic OH excluding ortho intramolecular Hbond substituents is 1. The van der Waals surface area contributed by atoms with Gasteiger partial charge in [-0.1, -0.05) is 11.6 Å². The first-order valence-corrected chi connectivity index (χ1v) is 8.85. The number of ether oxygens (including phenoxy) is 2. The fraction of sp³-hybridized carbons (Fsp3) is 0.0588. The molecule has 0 bridgehead atoms. The third-order valence-electron chi connectivity index (χ3n) is 3.88. The standard InChI is InChI=1S/C17H12ClN3O5S/c18-13-9(22)3-2-8-12(15(19)23)16(27-14(8)13)21-17(24)20-7-1-4-10-11(5-7)26-6-25-10/h1-5,22H,6H2,(H2,19,23)(H2,20,21,24). The number of phenols is 1. The van der Waals surface area contributed by atoms with Crippen LogP contribution in [0.25, 0.3) is 10.1 Å². The number of halogens is 1. The fourth-order valence-electron chi connectivity index (χ4n) is 2.69. The molecular formula is C17H12ClN3O5S. The summed E-state index contributed by atoms with van der Waals surface area (Å²) in [5.41, 5.74) is 6.07. The van der Waals surface area contributed by atoms with Gasteiger partial charge in [0.05, 0.1) is 10.3 Å². The summed E-state index contributed by atoms with van der Waals surface area (Å²) in [6, 6.07) is 7.25. The van der Waals surface area contributed by atoms with Gasteiger partial charge in [0.15, 0.2) is 11.5 Å². The molecule has 0 saturated carbocycles. The molecule has 1 aliphatic rings. The van der Waals surface area contributed by atoms with Crippen molar-refractivity contribution in [1.29, 1.82) is 0 Å². The van der Waals surface area contributed by atoms with E-state index in [9.17, 15) is 14.7 Å². The van der Waals surface area contributed by atoms with E-state index < -0.39 is 11.9 Å². The van der Waals surface area contributed by atoms with E-state index in [1.165, 1.54) is 12.1 Å². The van der Waals surface area contributed by atoms with E-state index in [0.29, 0.717) is 27.3 Å². The molecule has 0 atom stereocenters. The molecule has 5 N–H and O–H groups in total. The lowest BCUT2D eigenvalue weighted by Crippen LogP contribution is -2.21. The zero-order valence-corrected chi connectivity index (χ0v) is 15.1. The summed E-state index contributed by atoms with van der Waals surface area (Å²) in [6.07, 6.45) is 0. The quantitative estimate of drug-likeness (QED) is 0.528. The third kappa shape index (κ3) is 3.07. The topological polar surface area (TPSA) is 123 Å². The van der Waals surface area contributed by atoms with Crippen LogP contribution in [0.4, 0.5) is 15.5 Å². The molecule has 3 amide bonds. The first-order chi connectivity index (χ1) is 12.9. The Morgan fingerprint density at radius 3 is 2.70 bits per heavy atom. The lowest BCUT2D eigenvalue weighted by molar-refractivity contribution is 0.100. The van der Waals surface area contributed by atoms with Crippen LogP contribution in [0.5, 0.6) is 17.2 Å². The van der Waals surface area contributed by atoms with Crippen LogP contribution in [0.3, 0.4) is 0 Å². The summed E-state index contributed by atoms with van der Waals surface area (Å²) in [4.78, 5) is 24.2. The molecule has 138 valence electrons. The normalized spacial score (nSPS) is 12.2. The number of rotatable bonds is 3. The Kier molecular flexibility index (Phi) is 4.17. The van der Waals surface area contributed by atoms with Crippen molar-refractivity contribution in [2.45, 2.75) is 0 Å². The Bertz CT molecular complexity index is 1100. The largest absolute Gasteiger partial charge is 0.506 e. The molecule has 1 aromatic heterocycles. The molecule has 0 fully saturated rings. The highest BCUT2D eigenvalue weighted by atomic mass is 35.5. The van der Waals surface area contributed by atoms with Crippen molar-refractivity contribution in [1.82, 2.24) is 0 Å². The van der Waals surface area contributed by atoms with Gasteiger partial charge in [0.2, 0.25) is 6.79 Å². The molecule has 0 aliphatic carbocycles. The molecule has 27 heavy (non-hydrogen) atoms. The van der Waals surface area contributed by atoms with Crippen LogP contribution in [-0.4, -0.2) is 23.8 Å². The first-order valence-electron chi connectivity index (χ1n) is 7.65. The van der Waals surface area contributed by atoms with Gasteiger partial charge in [0, 0.05) is 17.1 Å². The lowest BCUT2D eigenvalue weighted by Gasteiger charge is -2.08. The second-order valence-electron chi connectivity index (χ2n) is 5.59. The molecule has 0 spiro atoms. The lowest BCUT2D eigenvalue weighted by atomic mass is 10.1. The summed E-state index contributed by atoms with van der Waals surface area (Å²) >= 11 is 7.13. The molecule has 0 unspecified atom stereocenters. The van der Waals surface area contributed by atoms with Gasteiger partial charge in [-0.15, -0.1) is 11.3 Å². The van der Waals surface area contributed by atoms with Crippen LogP contribution in [0.2, 0.25) is 5.02 Å². The fourth-order valence-corrected chi connectivity index (χ4v) is 4.11. The predicted molar refractivity (Wildman–Crippen MR) is 102 cm³/mol. The Morgan fingerprint density at radius 1 is 1.15 bits per heavy atom. The summed E-state index contributed by atoms with van der Waals surface area (Å²) < 4.78 is 10.9. The van der Waals surface area contributed by atoms with Crippen molar-refractivity contribution in [2.24, 2.45) is 5.73 Å². The van der Waals surface area contributed by atoms with Crippen LogP contribution in [-0.2, 0) is 0 Å². The Hall–Kier alpha value is -3.17. The SMILES string of the molecule is NC(=O)c1c(NC(=O)Nc2ccc3c(c2)OCO3)sc2c(Cl)c(O)ccc12. The van der Waals surface area contributed by atoms with Gasteiger partial charge in [0.1, 0.15) is 15.8 Å². The maximum Gasteiger partial charge on any atom is 0.324 e. The maximum atomic E-state index is 12.4. The summed E-state index contributed by atoms with van der Waals surface area (Å²) in [5.74, 6) is 0.268. The number of primary amides is 1. The van der Waals surface area contributed by atoms with Crippen LogP contribution in [0.1, 0.15) is 10.4 Å². The van der Waals surface area contributed by atoms with Crippen molar-refractivity contribution in [3.05, 3.63) is 40.9 Å². The minimum absolute atomic E-state index is 0.0872. The highest BCUT2D eigenvalue weighted by molar-refractivity contribution is 7.24. The summed E-state index contributed by atoms with van der Waals surface area (Å²) in [5, 5.41) is 15.8. The number of nitrogens with two attached hydrogens (primary N) is 1. The number of aromatic hydroxyl groups is 1. The molecule has 0 saturated heterocycles. The molecule has 2 aromatic carbocycles. The van der Waals surface area contributed by atoms with Crippen LogP contribution in [0.15, 0.2) is 30.3 Å². The maximum absolute atomic E-state index is 12.4. The molecule has 8 nitrogen and oxygen atoms in total. The Labute approximate surface area is 161 Å². The average molecular weight is 406 g/mol. The van der Waals surface area contributed by atoms with Crippen LogP contribution >= 0.6 is 22.9 Å². The number of hydrogen-bond donors (Lipinski definition) is 4. The second kappa shape index (κ2) is 6.53. The van der Waals surface area contributed by atoms with Crippen LogP contribution in [0, 0.1) is 0 Å². The number of fused-ring (bicyclic) bond motifs is 2. The Morgan fingerprint density at radius 2 is 1.93 bits per heavy atom. The molecule has 4 rings (SSSR count). The molecule has 3 aromatic rings. The number of nitrogens with one attached hydrogen (secondary N) is 2. The molecular weight excluding hydrogens is 394 g/mol. The van der Waals surface area contributed by atoms with Gasteiger partial charge in [-0.2, -0.15) is 0 Å². The number of amides is 3. The first kappa shape index (κ1) is 17.3. The number of carbonyl (C=O) groups is 2. The molecule has 2 heterocycles. The highest BCUT2D eigenvalue weighted by Crippen LogP contribution is 2.43. The number of thiophene rings is 1. The van der Waals surface area contributed by atoms with Gasteiger partial charge >= 0.3 is 6.03 Å². The van der Waals surface area contributed by atoms with E-state index in [0.717, 1.165) is 11.3 Å². The number of anilines is 2. The van der Waals surface area contributed by atoms with Crippen molar-refractivity contribution in [3.63, 3.8) is 0 Å². The molecule has 0 radical (unpaired) electrons. The second-order valence-corrected chi connectivity index (χ2v) is 6.99. The van der Waals surface area contributed by atoms with Gasteiger partial charge in [-0.25, -0.2) is 4.79 Å². The smallest absolute Gasteiger partial charge is 0.324 e. The zero-order valence-electron chi connectivity index (χ0n) is 13.5. The van der Waals surface area contributed by atoms with Crippen molar-refractivity contribution in [3.8, 4) is 17.2 Å². The highest BCUT2D eigenvalue weighted by Gasteiger charge is 2.22. The van der Waals surface area contributed by atoms with E-state index in [-0.39, 0.29) is 28.1 Å². The van der Waals surface area contributed by atoms with Crippen molar-refractivity contribution < 1.29 is 24.2 Å². The van der Waals surface area contributed by atoms with Crippen molar-refractivity contribution in [2.75, 3.05) is 17.4 Å². The van der Waals surface area contributed by atoms with E-state index in [2.05, 4.69) is 10.6 Å². The van der Waals surface area contributed by atoms with E-state index in [1.54, 1.807) is 18.2 Å². The Balaban J connectivity index is 1.62. The minimum Gasteiger partial charge on any atom is -0.506 e. The van der Waals surface area contributed by atoms with Gasteiger partial charge in [0.25, 0.3) is 5.91 Å². The van der Waals surface area contributed by atoms with Crippen LogP contribution < -0.4 is 25.8 Å². The summed E-state index contributed by atoms with van der Waals surface area (Å²) in [7, 11) is 0. The number of hydrogen-bond acceptors (Lipinski definition) is 6. The summed E-state index contributed by atoms with van der Waals surface area (Å²) in [6.45, 7) is 0.127. The van der Waals surface area contributed by atoms with Crippen molar-refractivity contribution >= 4 is 55.7 Å². The monoisotopic (exact) mass is 405 g/mol. The number of carbonyl (C=O) groups excluding carboxylic acids is 2. The van der Waals surface area contributed by atoms with E-state index >= 15 is 0 Å². The minimum atomic E-state index is -0.721.